The molecule has 0 saturated carbocycles. The summed E-state index contributed by atoms with van der Waals surface area (Å²) >= 11 is 1.84. The average Bonchev–Trinajstić information content (AvgIpc) is 2.38. The number of carbonyl (C=O) groups is 1. The monoisotopic (exact) mass is 158 g/mol. The van der Waals surface area contributed by atoms with Gasteiger partial charge in [0, 0.05) is 6.42 Å². The molecule has 1 aliphatic heterocycles. The third-order valence-corrected chi connectivity index (χ3v) is 3.21. The normalized spacial score (nSPS) is 25.1. The molecule has 0 amide bonds. The second kappa shape index (κ2) is 4.02. The number of carbonyl (C=O) groups excluding carboxylic acids is 1. The van der Waals surface area contributed by atoms with Gasteiger partial charge in [0.2, 0.25) is 0 Å². The number of hydrogen-bond acceptors (Lipinski definition) is 2. The minimum Gasteiger partial charge on any atom is -0.298 e. The molecule has 0 radical (unpaired) electrons. The van der Waals surface area contributed by atoms with Gasteiger partial charge in [-0.05, 0) is 25.0 Å². The number of ketones is 1. The van der Waals surface area contributed by atoms with Crippen LogP contribution in [-0.4, -0.2) is 16.8 Å². The van der Waals surface area contributed by atoms with Gasteiger partial charge in [-0.3, -0.25) is 4.79 Å². The standard InChI is InChI=1S/C8H14OS/c1-2-4-7(9)8-5-3-6-10-8/h8H,2-6H2,1H3. The number of hydrogen-bond donors (Lipinski definition) is 0. The molecular formula is C8H14OS. The molecule has 1 aliphatic rings. The van der Waals surface area contributed by atoms with Crippen molar-refractivity contribution in [2.24, 2.45) is 0 Å². The van der Waals surface area contributed by atoms with Crippen LogP contribution in [0.1, 0.15) is 32.6 Å². The average molecular weight is 158 g/mol. The van der Waals surface area contributed by atoms with E-state index in [0.29, 0.717) is 11.0 Å². The maximum absolute atomic E-state index is 11.2. The van der Waals surface area contributed by atoms with Crippen LogP contribution in [0.4, 0.5) is 0 Å². The van der Waals surface area contributed by atoms with Crippen molar-refractivity contribution in [1.82, 2.24) is 0 Å². The summed E-state index contributed by atoms with van der Waals surface area (Å²) in [6.45, 7) is 2.07. The van der Waals surface area contributed by atoms with Crippen molar-refractivity contribution in [3.05, 3.63) is 0 Å². The van der Waals surface area contributed by atoms with Gasteiger partial charge in [-0.15, -0.1) is 0 Å². The van der Waals surface area contributed by atoms with Gasteiger partial charge in [-0.25, -0.2) is 0 Å². The predicted molar refractivity (Wildman–Crippen MR) is 45.4 cm³/mol. The van der Waals surface area contributed by atoms with Gasteiger partial charge in [0.25, 0.3) is 0 Å². The molecule has 10 heavy (non-hydrogen) atoms. The molecule has 0 aromatic carbocycles. The minimum absolute atomic E-state index is 0.361. The first-order valence-corrected chi connectivity index (χ1v) is 5.03. The Morgan fingerprint density at radius 1 is 1.70 bits per heavy atom. The number of Topliss-reactive ketones (excluding diaryl/α,β-unsaturated/α-hetero) is 1. The van der Waals surface area contributed by atoms with E-state index in [-0.39, 0.29) is 0 Å². The molecule has 0 aliphatic carbocycles. The van der Waals surface area contributed by atoms with E-state index in [0.717, 1.165) is 19.3 Å². The van der Waals surface area contributed by atoms with E-state index in [9.17, 15) is 4.79 Å². The lowest BCUT2D eigenvalue weighted by Crippen LogP contribution is -2.12. The van der Waals surface area contributed by atoms with Crippen molar-refractivity contribution in [2.45, 2.75) is 37.9 Å². The minimum atomic E-state index is 0.361. The van der Waals surface area contributed by atoms with E-state index in [2.05, 4.69) is 6.92 Å². The Bertz CT molecular complexity index is 116. The summed E-state index contributed by atoms with van der Waals surface area (Å²) in [5.41, 5.74) is 0. The summed E-state index contributed by atoms with van der Waals surface area (Å²) in [6.07, 6.45) is 4.17. The molecule has 0 bridgehead atoms. The van der Waals surface area contributed by atoms with Crippen molar-refractivity contribution in [3.63, 3.8) is 0 Å². The smallest absolute Gasteiger partial charge is 0.145 e. The largest absolute Gasteiger partial charge is 0.298 e. The molecular weight excluding hydrogens is 144 g/mol. The van der Waals surface area contributed by atoms with Crippen molar-refractivity contribution >= 4 is 17.5 Å². The quantitative estimate of drug-likeness (QED) is 0.626. The summed E-state index contributed by atoms with van der Waals surface area (Å²) in [7, 11) is 0. The van der Waals surface area contributed by atoms with Crippen LogP contribution in [0.5, 0.6) is 0 Å². The Labute approximate surface area is 66.6 Å². The lowest BCUT2D eigenvalue weighted by Gasteiger charge is -2.04. The van der Waals surface area contributed by atoms with Crippen molar-refractivity contribution < 1.29 is 4.79 Å². The van der Waals surface area contributed by atoms with Crippen LogP contribution in [0.3, 0.4) is 0 Å². The molecule has 1 heterocycles. The molecule has 0 spiro atoms. The Morgan fingerprint density at radius 3 is 3.00 bits per heavy atom. The highest BCUT2D eigenvalue weighted by Crippen LogP contribution is 2.27. The molecule has 1 unspecified atom stereocenters. The molecule has 58 valence electrons. The zero-order valence-electron chi connectivity index (χ0n) is 6.43. The highest BCUT2D eigenvalue weighted by Gasteiger charge is 2.21. The second-order valence-electron chi connectivity index (χ2n) is 2.72. The Kier molecular flexibility index (Phi) is 3.26. The molecule has 0 N–H and O–H groups in total. The van der Waals surface area contributed by atoms with E-state index in [4.69, 9.17) is 0 Å². The van der Waals surface area contributed by atoms with Crippen molar-refractivity contribution in [3.8, 4) is 0 Å². The van der Waals surface area contributed by atoms with Gasteiger partial charge in [0.15, 0.2) is 0 Å². The van der Waals surface area contributed by atoms with Gasteiger partial charge in [0.05, 0.1) is 5.25 Å². The van der Waals surface area contributed by atoms with Crippen LogP contribution < -0.4 is 0 Å². The SMILES string of the molecule is CCCC(=O)C1CCCS1. The zero-order valence-corrected chi connectivity index (χ0v) is 7.25. The summed E-state index contributed by atoms with van der Waals surface area (Å²) in [5.74, 6) is 1.67. The molecule has 2 heteroatoms. The maximum atomic E-state index is 11.2. The van der Waals surface area contributed by atoms with Crippen molar-refractivity contribution in [2.75, 3.05) is 5.75 Å². The fourth-order valence-electron chi connectivity index (χ4n) is 1.24. The molecule has 1 rings (SSSR count). The predicted octanol–water partition coefficient (Wildman–Crippen LogP) is 2.25. The van der Waals surface area contributed by atoms with Crippen LogP contribution in [0, 0.1) is 0 Å². The Balaban J connectivity index is 2.25. The summed E-state index contributed by atoms with van der Waals surface area (Å²) in [4.78, 5) is 11.2. The number of rotatable bonds is 3. The second-order valence-corrected chi connectivity index (χ2v) is 4.03. The first kappa shape index (κ1) is 8.12. The Hall–Kier alpha value is 0.0200. The van der Waals surface area contributed by atoms with E-state index in [1.807, 2.05) is 11.8 Å². The van der Waals surface area contributed by atoms with Crippen LogP contribution >= 0.6 is 11.8 Å². The van der Waals surface area contributed by atoms with E-state index in [1.165, 1.54) is 12.2 Å². The molecule has 0 aromatic heterocycles. The molecule has 1 atom stereocenters. The summed E-state index contributed by atoms with van der Waals surface area (Å²) in [6, 6.07) is 0. The highest BCUT2D eigenvalue weighted by atomic mass is 32.2. The lowest BCUT2D eigenvalue weighted by atomic mass is 10.1. The number of thioether (sulfide) groups is 1. The lowest BCUT2D eigenvalue weighted by molar-refractivity contribution is -0.118. The molecule has 1 saturated heterocycles. The first-order valence-electron chi connectivity index (χ1n) is 3.99. The third kappa shape index (κ3) is 2.01. The first-order chi connectivity index (χ1) is 4.84. The van der Waals surface area contributed by atoms with Crippen LogP contribution in [0.25, 0.3) is 0 Å². The fraction of sp³-hybridized carbons (Fsp3) is 0.875. The van der Waals surface area contributed by atoms with E-state index < -0.39 is 0 Å². The molecule has 1 nitrogen and oxygen atoms in total. The van der Waals surface area contributed by atoms with Crippen LogP contribution in [0.15, 0.2) is 0 Å². The van der Waals surface area contributed by atoms with E-state index >= 15 is 0 Å². The van der Waals surface area contributed by atoms with Gasteiger partial charge in [-0.1, -0.05) is 6.92 Å². The van der Waals surface area contributed by atoms with Gasteiger partial charge in [0.1, 0.15) is 5.78 Å². The summed E-state index contributed by atoms with van der Waals surface area (Å²) in [5, 5.41) is 0.361. The van der Waals surface area contributed by atoms with Crippen molar-refractivity contribution in [1.29, 1.82) is 0 Å². The van der Waals surface area contributed by atoms with Gasteiger partial charge in [-0.2, -0.15) is 11.8 Å². The van der Waals surface area contributed by atoms with Crippen LogP contribution in [-0.2, 0) is 4.79 Å². The van der Waals surface area contributed by atoms with Gasteiger partial charge >= 0.3 is 0 Å². The topological polar surface area (TPSA) is 17.1 Å². The Morgan fingerprint density at radius 2 is 2.50 bits per heavy atom. The zero-order chi connectivity index (χ0) is 7.40. The maximum Gasteiger partial charge on any atom is 0.145 e. The molecule has 1 fully saturated rings. The van der Waals surface area contributed by atoms with Gasteiger partial charge < -0.3 is 0 Å². The van der Waals surface area contributed by atoms with Crippen LogP contribution in [0.2, 0.25) is 0 Å². The summed E-state index contributed by atoms with van der Waals surface area (Å²) < 4.78 is 0. The fourth-order valence-corrected chi connectivity index (χ4v) is 2.49. The molecule has 0 aromatic rings. The third-order valence-electron chi connectivity index (χ3n) is 1.79. The van der Waals surface area contributed by atoms with E-state index in [1.54, 1.807) is 0 Å². The highest BCUT2D eigenvalue weighted by molar-refractivity contribution is 8.00.